The van der Waals surface area contributed by atoms with Crippen molar-refractivity contribution >= 4 is 40.3 Å². The first kappa shape index (κ1) is 29.7. The molecule has 1 saturated heterocycles. The maximum Gasteiger partial charge on any atom is 0.416 e. The molecule has 0 atom stereocenters. The molecule has 0 saturated carbocycles. The Morgan fingerprint density at radius 3 is 1.95 bits per heavy atom. The van der Waals surface area contributed by atoms with Gasteiger partial charge in [0.05, 0.1) is 29.2 Å². The number of carbonyl (C=O) groups excluding carboxylic acids is 1. The molecule has 2 aromatic carbocycles. The van der Waals surface area contributed by atoms with Crippen LogP contribution in [0.25, 0.3) is 17.2 Å². The van der Waals surface area contributed by atoms with E-state index in [1.54, 1.807) is 0 Å². The summed E-state index contributed by atoms with van der Waals surface area (Å²) >= 11 is 5.93. The van der Waals surface area contributed by atoms with E-state index >= 15 is 0 Å². The molecule has 0 unspecified atom stereocenters. The van der Waals surface area contributed by atoms with Gasteiger partial charge in [-0.1, -0.05) is 24.0 Å². The maximum absolute atomic E-state index is 13.6. The SMILES string of the molecule is COCCOc1cc(C=C2SC(=S)NC2=O)cc(-c2cc(C(F)(F)F)cc(C(F)(F)F)c2)c1OCCOC. The number of thiocarbonyl (C=S) groups is 1. The van der Waals surface area contributed by atoms with Crippen LogP contribution >= 0.6 is 24.0 Å². The highest BCUT2D eigenvalue weighted by Crippen LogP contribution is 2.44. The van der Waals surface area contributed by atoms with Gasteiger partial charge in [-0.15, -0.1) is 0 Å². The zero-order chi connectivity index (χ0) is 28.1. The summed E-state index contributed by atoms with van der Waals surface area (Å²) in [7, 11) is 2.82. The van der Waals surface area contributed by atoms with E-state index in [1.165, 1.54) is 32.4 Å². The molecule has 1 aliphatic heterocycles. The Morgan fingerprint density at radius 2 is 1.45 bits per heavy atom. The van der Waals surface area contributed by atoms with Gasteiger partial charge in [0.2, 0.25) is 0 Å². The van der Waals surface area contributed by atoms with E-state index in [9.17, 15) is 31.1 Å². The summed E-state index contributed by atoms with van der Waals surface area (Å²) in [5, 5.41) is 2.43. The molecule has 1 N–H and O–H groups in total. The van der Waals surface area contributed by atoms with E-state index in [1.807, 2.05) is 0 Å². The van der Waals surface area contributed by atoms with Gasteiger partial charge in [-0.05, 0) is 47.5 Å². The van der Waals surface area contributed by atoms with Crippen molar-refractivity contribution in [1.82, 2.24) is 5.32 Å². The van der Waals surface area contributed by atoms with E-state index in [2.05, 4.69) is 5.32 Å². The lowest BCUT2D eigenvalue weighted by Crippen LogP contribution is -2.17. The second-order valence-corrected chi connectivity index (χ2v) is 9.44. The molecule has 2 aromatic rings. The Balaban J connectivity index is 2.29. The first-order valence-corrected chi connectivity index (χ1v) is 12.0. The fourth-order valence-corrected chi connectivity index (χ4v) is 4.37. The largest absolute Gasteiger partial charge is 0.487 e. The lowest BCUT2D eigenvalue weighted by molar-refractivity contribution is -0.143. The van der Waals surface area contributed by atoms with Crippen LogP contribution < -0.4 is 14.8 Å². The average molecular weight is 582 g/mol. The summed E-state index contributed by atoms with van der Waals surface area (Å²) in [5.41, 5.74) is -3.28. The van der Waals surface area contributed by atoms with Gasteiger partial charge in [0.15, 0.2) is 11.5 Å². The number of thioether (sulfide) groups is 1. The van der Waals surface area contributed by atoms with Crippen LogP contribution in [-0.2, 0) is 26.6 Å². The number of amides is 1. The third-order valence-corrected chi connectivity index (χ3v) is 6.16. The highest BCUT2D eigenvalue weighted by atomic mass is 32.2. The van der Waals surface area contributed by atoms with Crippen molar-refractivity contribution in [2.45, 2.75) is 12.4 Å². The third-order valence-electron chi connectivity index (χ3n) is 4.99. The number of halogens is 6. The van der Waals surface area contributed by atoms with Gasteiger partial charge in [0.25, 0.3) is 5.91 Å². The third kappa shape index (κ3) is 7.62. The number of benzene rings is 2. The topological polar surface area (TPSA) is 66.0 Å². The molecule has 0 aliphatic carbocycles. The van der Waals surface area contributed by atoms with Gasteiger partial charge in [0.1, 0.15) is 17.5 Å². The van der Waals surface area contributed by atoms with Crippen LogP contribution in [0.5, 0.6) is 11.5 Å². The van der Waals surface area contributed by atoms with Gasteiger partial charge in [-0.25, -0.2) is 0 Å². The Hall–Kier alpha value is -2.81. The molecule has 0 radical (unpaired) electrons. The van der Waals surface area contributed by atoms with Crippen LogP contribution in [0.1, 0.15) is 16.7 Å². The van der Waals surface area contributed by atoms with Crippen molar-refractivity contribution in [2.24, 2.45) is 0 Å². The monoisotopic (exact) mass is 581 g/mol. The van der Waals surface area contributed by atoms with Gasteiger partial charge in [-0.2, -0.15) is 26.3 Å². The minimum absolute atomic E-state index is 0.00762. The van der Waals surface area contributed by atoms with Crippen LogP contribution in [-0.4, -0.2) is 50.9 Å². The summed E-state index contributed by atoms with van der Waals surface area (Å²) < 4.78 is 103. The fourth-order valence-electron chi connectivity index (χ4n) is 3.32. The lowest BCUT2D eigenvalue weighted by atomic mass is 9.96. The van der Waals surface area contributed by atoms with Crippen molar-refractivity contribution in [3.05, 3.63) is 51.9 Å². The highest BCUT2D eigenvalue weighted by molar-refractivity contribution is 8.26. The number of rotatable bonds is 10. The Kier molecular flexibility index (Phi) is 9.68. The second kappa shape index (κ2) is 12.4. The molecule has 6 nitrogen and oxygen atoms in total. The molecule has 0 spiro atoms. The number of hydrogen-bond acceptors (Lipinski definition) is 7. The van der Waals surface area contributed by atoms with Gasteiger partial charge >= 0.3 is 12.4 Å². The molecule has 1 fully saturated rings. The van der Waals surface area contributed by atoms with Crippen LogP contribution in [0.4, 0.5) is 26.3 Å². The summed E-state index contributed by atoms with van der Waals surface area (Å²) in [6.07, 6.45) is -8.72. The summed E-state index contributed by atoms with van der Waals surface area (Å²) in [6.45, 7) is 0.119. The normalized spacial score (nSPS) is 15.2. The van der Waals surface area contributed by atoms with E-state index in [0.29, 0.717) is 12.1 Å². The fraction of sp³-hybridized carbons (Fsp3) is 0.333. The van der Waals surface area contributed by atoms with E-state index in [-0.39, 0.29) is 64.3 Å². The molecular weight excluding hydrogens is 560 g/mol. The molecule has 1 amide bonds. The zero-order valence-electron chi connectivity index (χ0n) is 19.9. The van der Waals surface area contributed by atoms with Crippen LogP contribution in [0.15, 0.2) is 35.2 Å². The van der Waals surface area contributed by atoms with Crippen molar-refractivity contribution < 1.29 is 50.1 Å². The smallest absolute Gasteiger partial charge is 0.416 e. The number of carbonyl (C=O) groups is 1. The van der Waals surface area contributed by atoms with E-state index in [0.717, 1.165) is 11.8 Å². The lowest BCUT2D eigenvalue weighted by Gasteiger charge is -2.20. The Bertz CT molecular complexity index is 1200. The molecule has 206 valence electrons. The summed E-state index contributed by atoms with van der Waals surface area (Å²) in [4.78, 5) is 12.3. The van der Waals surface area contributed by atoms with Crippen molar-refractivity contribution in [1.29, 1.82) is 0 Å². The number of methoxy groups -OCH3 is 2. The Labute approximate surface area is 223 Å². The van der Waals surface area contributed by atoms with Crippen molar-refractivity contribution in [2.75, 3.05) is 40.6 Å². The molecule has 1 aliphatic rings. The average Bonchev–Trinajstić information content (AvgIpc) is 3.15. The van der Waals surface area contributed by atoms with E-state index in [4.69, 9.17) is 31.2 Å². The van der Waals surface area contributed by atoms with Crippen LogP contribution in [0, 0.1) is 0 Å². The molecule has 1 heterocycles. The predicted molar refractivity (Wildman–Crippen MR) is 133 cm³/mol. The highest BCUT2D eigenvalue weighted by Gasteiger charge is 2.37. The van der Waals surface area contributed by atoms with Crippen LogP contribution in [0.2, 0.25) is 0 Å². The zero-order valence-corrected chi connectivity index (χ0v) is 21.6. The number of nitrogens with one attached hydrogen (secondary N) is 1. The minimum Gasteiger partial charge on any atom is -0.487 e. The maximum atomic E-state index is 13.6. The first-order chi connectivity index (χ1) is 17.8. The van der Waals surface area contributed by atoms with Gasteiger partial charge in [-0.3, -0.25) is 4.79 Å². The molecule has 3 rings (SSSR count). The number of hydrogen-bond donors (Lipinski definition) is 1. The van der Waals surface area contributed by atoms with Gasteiger partial charge in [0, 0.05) is 19.8 Å². The molecule has 0 aromatic heterocycles. The quantitative estimate of drug-likeness (QED) is 0.162. The summed E-state index contributed by atoms with van der Waals surface area (Å²) in [6, 6.07) is 3.98. The molecule has 14 heteroatoms. The molecular formula is C24H21F6NO5S2. The summed E-state index contributed by atoms with van der Waals surface area (Å²) in [5.74, 6) is -0.589. The minimum atomic E-state index is -5.06. The first-order valence-electron chi connectivity index (χ1n) is 10.8. The molecule has 0 bridgehead atoms. The Morgan fingerprint density at radius 1 is 0.868 bits per heavy atom. The predicted octanol–water partition coefficient (Wildman–Crippen LogP) is 5.93. The molecule has 38 heavy (non-hydrogen) atoms. The second-order valence-electron chi connectivity index (χ2n) is 7.73. The number of ether oxygens (including phenoxy) is 4. The van der Waals surface area contributed by atoms with Gasteiger partial charge < -0.3 is 24.3 Å². The van der Waals surface area contributed by atoms with Crippen molar-refractivity contribution in [3.8, 4) is 22.6 Å². The standard InChI is InChI=1S/C24H21F6NO5S2/c1-33-3-5-35-18-8-13(9-19-21(32)31-22(37)38-19)7-17(20(18)36-6-4-34-2)14-10-15(23(25,26)27)12-16(11-14)24(28,29)30/h7-12H,3-6H2,1-2H3,(H,31,32,37). The van der Waals surface area contributed by atoms with E-state index < -0.39 is 35.0 Å². The van der Waals surface area contributed by atoms with Crippen LogP contribution in [0.3, 0.4) is 0 Å². The van der Waals surface area contributed by atoms with Crippen molar-refractivity contribution in [3.63, 3.8) is 0 Å². The number of alkyl halides is 6.